The van der Waals surface area contributed by atoms with E-state index in [0.29, 0.717) is 26.1 Å². The summed E-state index contributed by atoms with van der Waals surface area (Å²) in [5.41, 5.74) is -0.738. The van der Waals surface area contributed by atoms with Crippen LogP contribution in [0.5, 0.6) is 0 Å². The molecular weight excluding hydrogens is 142 g/mol. The van der Waals surface area contributed by atoms with Gasteiger partial charge < -0.3 is 4.74 Å². The van der Waals surface area contributed by atoms with E-state index >= 15 is 0 Å². The number of Topliss-reactive ketones (excluding diaryl/α,β-unsaturated/α-hetero) is 1. The molecule has 3 nitrogen and oxygen atoms in total. The van der Waals surface area contributed by atoms with Crippen LogP contribution in [0.3, 0.4) is 0 Å². The summed E-state index contributed by atoms with van der Waals surface area (Å²) in [6, 6.07) is 2.09. The van der Waals surface area contributed by atoms with Crippen LogP contribution in [0.1, 0.15) is 19.8 Å². The average molecular weight is 153 g/mol. The van der Waals surface area contributed by atoms with Crippen molar-refractivity contribution in [2.75, 3.05) is 13.2 Å². The van der Waals surface area contributed by atoms with Gasteiger partial charge in [-0.15, -0.1) is 0 Å². The van der Waals surface area contributed by atoms with Gasteiger partial charge in [0, 0.05) is 13.2 Å². The van der Waals surface area contributed by atoms with Crippen molar-refractivity contribution in [3.8, 4) is 6.07 Å². The normalized spacial score (nSPS) is 22.2. The minimum absolute atomic E-state index is 0.0247. The molecular formula is C8H11NO2. The zero-order valence-electron chi connectivity index (χ0n) is 6.59. The van der Waals surface area contributed by atoms with Crippen LogP contribution in [0.4, 0.5) is 0 Å². The summed E-state index contributed by atoms with van der Waals surface area (Å²) in [6.45, 7) is 2.55. The van der Waals surface area contributed by atoms with Crippen molar-refractivity contribution in [1.29, 1.82) is 5.26 Å². The van der Waals surface area contributed by atoms with Gasteiger partial charge in [-0.1, -0.05) is 0 Å². The van der Waals surface area contributed by atoms with Crippen molar-refractivity contribution in [2.45, 2.75) is 19.8 Å². The minimum atomic E-state index is -0.738. The van der Waals surface area contributed by atoms with Gasteiger partial charge in [0.25, 0.3) is 0 Å². The van der Waals surface area contributed by atoms with Gasteiger partial charge in [-0.05, 0) is 19.8 Å². The molecule has 60 valence electrons. The molecule has 1 aliphatic heterocycles. The highest BCUT2D eigenvalue weighted by Crippen LogP contribution is 2.30. The van der Waals surface area contributed by atoms with Gasteiger partial charge in [0.1, 0.15) is 11.2 Å². The van der Waals surface area contributed by atoms with E-state index in [4.69, 9.17) is 10.00 Å². The molecule has 0 spiro atoms. The molecule has 1 fully saturated rings. The molecule has 0 unspecified atom stereocenters. The molecule has 0 aromatic carbocycles. The Morgan fingerprint density at radius 2 is 2.09 bits per heavy atom. The third-order valence-corrected chi connectivity index (χ3v) is 2.23. The maximum absolute atomic E-state index is 11.1. The Labute approximate surface area is 66.0 Å². The summed E-state index contributed by atoms with van der Waals surface area (Å²) in [5, 5.41) is 8.79. The van der Waals surface area contributed by atoms with Crippen LogP contribution in [0.2, 0.25) is 0 Å². The Kier molecular flexibility index (Phi) is 2.25. The molecule has 0 aliphatic carbocycles. The van der Waals surface area contributed by atoms with Crippen molar-refractivity contribution in [3.05, 3.63) is 0 Å². The molecule has 0 radical (unpaired) electrons. The second-order valence-electron chi connectivity index (χ2n) is 2.86. The van der Waals surface area contributed by atoms with E-state index in [2.05, 4.69) is 6.07 Å². The van der Waals surface area contributed by atoms with Crippen molar-refractivity contribution >= 4 is 5.78 Å². The number of nitrogens with zero attached hydrogens (tertiary/aromatic N) is 1. The topological polar surface area (TPSA) is 50.1 Å². The van der Waals surface area contributed by atoms with E-state index < -0.39 is 5.41 Å². The van der Waals surface area contributed by atoms with Crippen LogP contribution in [0, 0.1) is 16.7 Å². The van der Waals surface area contributed by atoms with Crippen LogP contribution in [-0.2, 0) is 9.53 Å². The Bertz CT molecular complexity index is 199. The fourth-order valence-electron chi connectivity index (χ4n) is 1.26. The van der Waals surface area contributed by atoms with Crippen LogP contribution in [0.15, 0.2) is 0 Å². The van der Waals surface area contributed by atoms with E-state index in [9.17, 15) is 4.79 Å². The number of ether oxygens (including phenoxy) is 1. The SMILES string of the molecule is CC(=O)C1(C#N)CCOCC1. The molecule has 0 aromatic rings. The zero-order chi connectivity index (χ0) is 8.32. The Morgan fingerprint density at radius 1 is 1.55 bits per heavy atom. The van der Waals surface area contributed by atoms with Crippen LogP contribution in [0.25, 0.3) is 0 Å². The highest BCUT2D eigenvalue weighted by atomic mass is 16.5. The summed E-state index contributed by atoms with van der Waals surface area (Å²) >= 11 is 0. The molecule has 0 aromatic heterocycles. The van der Waals surface area contributed by atoms with Crippen LogP contribution in [-0.4, -0.2) is 19.0 Å². The van der Waals surface area contributed by atoms with E-state index in [1.54, 1.807) is 0 Å². The summed E-state index contributed by atoms with van der Waals surface area (Å²) < 4.78 is 5.07. The van der Waals surface area contributed by atoms with Crippen LogP contribution >= 0.6 is 0 Å². The maximum atomic E-state index is 11.1. The Balaban J connectivity index is 2.75. The molecule has 0 N–H and O–H groups in total. The first kappa shape index (κ1) is 8.22. The highest BCUT2D eigenvalue weighted by Gasteiger charge is 2.37. The molecule has 0 amide bonds. The van der Waals surface area contributed by atoms with E-state index in [1.807, 2.05) is 0 Å². The minimum Gasteiger partial charge on any atom is -0.381 e. The summed E-state index contributed by atoms with van der Waals surface area (Å²) in [6.07, 6.45) is 1.11. The number of carbonyl (C=O) groups is 1. The van der Waals surface area contributed by atoms with E-state index in [1.165, 1.54) is 6.92 Å². The van der Waals surface area contributed by atoms with E-state index in [-0.39, 0.29) is 5.78 Å². The molecule has 0 bridgehead atoms. The lowest BCUT2D eigenvalue weighted by Gasteiger charge is -2.27. The predicted molar refractivity (Wildman–Crippen MR) is 38.8 cm³/mol. The molecule has 0 atom stereocenters. The third kappa shape index (κ3) is 1.41. The first-order chi connectivity index (χ1) is 5.21. The lowest BCUT2D eigenvalue weighted by atomic mass is 9.78. The lowest BCUT2D eigenvalue weighted by Crippen LogP contribution is -2.34. The molecule has 11 heavy (non-hydrogen) atoms. The third-order valence-electron chi connectivity index (χ3n) is 2.23. The van der Waals surface area contributed by atoms with Crippen molar-refractivity contribution in [2.24, 2.45) is 5.41 Å². The van der Waals surface area contributed by atoms with Crippen LogP contribution < -0.4 is 0 Å². The highest BCUT2D eigenvalue weighted by molar-refractivity contribution is 5.85. The molecule has 3 heteroatoms. The van der Waals surface area contributed by atoms with Gasteiger partial charge >= 0.3 is 0 Å². The van der Waals surface area contributed by atoms with Gasteiger partial charge in [0.2, 0.25) is 0 Å². The number of hydrogen-bond acceptors (Lipinski definition) is 3. The number of rotatable bonds is 1. The largest absolute Gasteiger partial charge is 0.381 e. The fraction of sp³-hybridized carbons (Fsp3) is 0.750. The number of ketones is 1. The summed E-state index contributed by atoms with van der Waals surface area (Å²) in [4.78, 5) is 11.1. The molecule has 1 saturated heterocycles. The lowest BCUT2D eigenvalue weighted by molar-refractivity contribution is -0.127. The quantitative estimate of drug-likeness (QED) is 0.562. The van der Waals surface area contributed by atoms with Gasteiger partial charge in [-0.25, -0.2) is 0 Å². The van der Waals surface area contributed by atoms with E-state index in [0.717, 1.165) is 0 Å². The second kappa shape index (κ2) is 3.02. The first-order valence-corrected chi connectivity index (χ1v) is 3.71. The molecule has 1 aliphatic rings. The molecule has 1 heterocycles. The monoisotopic (exact) mass is 153 g/mol. The smallest absolute Gasteiger partial charge is 0.150 e. The summed E-state index contributed by atoms with van der Waals surface area (Å²) in [7, 11) is 0. The van der Waals surface area contributed by atoms with Crippen molar-refractivity contribution in [1.82, 2.24) is 0 Å². The Morgan fingerprint density at radius 3 is 2.36 bits per heavy atom. The number of hydrogen-bond donors (Lipinski definition) is 0. The average Bonchev–Trinajstić information content (AvgIpc) is 2.05. The predicted octanol–water partition coefficient (Wildman–Crippen LogP) is 0.896. The van der Waals surface area contributed by atoms with Gasteiger partial charge in [-0.3, -0.25) is 4.79 Å². The second-order valence-corrected chi connectivity index (χ2v) is 2.86. The molecule has 0 saturated carbocycles. The zero-order valence-corrected chi connectivity index (χ0v) is 6.59. The van der Waals surface area contributed by atoms with Crippen molar-refractivity contribution in [3.63, 3.8) is 0 Å². The first-order valence-electron chi connectivity index (χ1n) is 3.71. The Hall–Kier alpha value is -0.880. The van der Waals surface area contributed by atoms with Gasteiger partial charge in [0.15, 0.2) is 0 Å². The fourth-order valence-corrected chi connectivity index (χ4v) is 1.26. The maximum Gasteiger partial charge on any atom is 0.150 e. The van der Waals surface area contributed by atoms with Gasteiger partial charge in [0.05, 0.1) is 6.07 Å². The van der Waals surface area contributed by atoms with Crippen molar-refractivity contribution < 1.29 is 9.53 Å². The summed E-state index contributed by atoms with van der Waals surface area (Å²) in [5.74, 6) is -0.0247. The standard InChI is InChI=1S/C8H11NO2/c1-7(10)8(6-9)2-4-11-5-3-8/h2-5H2,1H3. The number of nitriles is 1. The molecule has 1 rings (SSSR count). The number of carbonyl (C=O) groups excluding carboxylic acids is 1. The van der Waals surface area contributed by atoms with Gasteiger partial charge in [-0.2, -0.15) is 5.26 Å².